The predicted octanol–water partition coefficient (Wildman–Crippen LogP) is 3.89. The molecule has 0 amide bonds. The molecular weight excluding hydrogens is 454 g/mol. The van der Waals surface area contributed by atoms with Gasteiger partial charge in [0.05, 0.1) is 5.52 Å². The molecule has 5 rings (SSSR count). The topological polar surface area (TPSA) is 79.3 Å². The van der Waals surface area contributed by atoms with Crippen LogP contribution in [0.5, 0.6) is 0 Å². The lowest BCUT2D eigenvalue weighted by Gasteiger charge is -2.21. The maximum atomic E-state index is 13.5. The number of benzene rings is 2. The van der Waals surface area contributed by atoms with Crippen LogP contribution in [0.3, 0.4) is 0 Å². The zero-order chi connectivity index (χ0) is 22.8. The molecule has 0 radical (unpaired) electrons. The first-order valence-electron chi connectivity index (χ1n) is 11.0. The summed E-state index contributed by atoms with van der Waals surface area (Å²) in [5, 5.41) is 1.67. The zero-order valence-corrected chi connectivity index (χ0v) is 20.0. The van der Waals surface area contributed by atoms with E-state index in [9.17, 15) is 8.42 Å². The highest BCUT2D eigenvalue weighted by Crippen LogP contribution is 2.26. The van der Waals surface area contributed by atoms with Crippen LogP contribution in [0.25, 0.3) is 10.9 Å². The summed E-state index contributed by atoms with van der Waals surface area (Å²) in [5.41, 5.74) is 2.93. The first kappa shape index (κ1) is 21.9. The highest BCUT2D eigenvalue weighted by Gasteiger charge is 2.29. The fourth-order valence-corrected chi connectivity index (χ4v) is 6.45. The first-order chi connectivity index (χ1) is 16.0. The van der Waals surface area contributed by atoms with E-state index in [-0.39, 0.29) is 4.90 Å². The summed E-state index contributed by atoms with van der Waals surface area (Å²) < 4.78 is 33.1. The van der Waals surface area contributed by atoms with Crippen molar-refractivity contribution in [3.05, 3.63) is 77.7 Å². The second-order valence-electron chi connectivity index (χ2n) is 8.23. The van der Waals surface area contributed by atoms with Crippen molar-refractivity contribution in [1.29, 1.82) is 0 Å². The molecule has 7 nitrogen and oxygen atoms in total. The van der Waals surface area contributed by atoms with Gasteiger partial charge in [-0.25, -0.2) is 13.4 Å². The number of hydrogen-bond acceptors (Lipinski definition) is 7. The number of rotatable bonds is 5. The van der Waals surface area contributed by atoms with Gasteiger partial charge < -0.3 is 4.90 Å². The van der Waals surface area contributed by atoms with Gasteiger partial charge in [0.1, 0.15) is 10.7 Å². The zero-order valence-electron chi connectivity index (χ0n) is 18.4. The Bertz CT molecular complexity index is 1360. The van der Waals surface area contributed by atoms with Gasteiger partial charge in [-0.3, -0.25) is 4.98 Å². The largest absolute Gasteiger partial charge is 0.345 e. The number of aromatic nitrogens is 3. The number of nitrogens with zero attached hydrogens (tertiary/aromatic N) is 5. The van der Waals surface area contributed by atoms with Crippen LogP contribution < -0.4 is 4.90 Å². The summed E-state index contributed by atoms with van der Waals surface area (Å²) in [5.74, 6) is 0.800. The normalized spacial score (nSPS) is 15.6. The summed E-state index contributed by atoms with van der Waals surface area (Å²) in [6.45, 7) is 4.27. The van der Waals surface area contributed by atoms with E-state index in [1.165, 1.54) is 22.7 Å². The smallest absolute Gasteiger partial charge is 0.245 e. The molecular formula is C24H25N5O2S2. The average molecular weight is 480 g/mol. The third-order valence-electron chi connectivity index (χ3n) is 5.88. The maximum absolute atomic E-state index is 13.5. The minimum absolute atomic E-state index is 0.269. The van der Waals surface area contributed by atoms with Gasteiger partial charge in [0.15, 0.2) is 0 Å². The summed E-state index contributed by atoms with van der Waals surface area (Å²) in [6, 6.07) is 17.4. The van der Waals surface area contributed by atoms with Crippen molar-refractivity contribution in [2.45, 2.75) is 24.7 Å². The highest BCUT2D eigenvalue weighted by atomic mass is 32.2. The molecule has 0 N–H and O–H groups in total. The molecule has 3 heterocycles. The molecule has 170 valence electrons. The number of hydrogen-bond donors (Lipinski definition) is 0. The lowest BCUT2D eigenvalue weighted by Crippen LogP contribution is -2.35. The molecule has 0 atom stereocenters. The van der Waals surface area contributed by atoms with Crippen molar-refractivity contribution < 1.29 is 8.42 Å². The van der Waals surface area contributed by atoms with E-state index in [0.717, 1.165) is 29.3 Å². The Hall–Kier alpha value is -2.88. The van der Waals surface area contributed by atoms with Crippen LogP contribution in [0.4, 0.5) is 5.13 Å². The van der Waals surface area contributed by atoms with Gasteiger partial charge in [-0.15, -0.1) is 0 Å². The molecule has 1 fully saturated rings. The molecule has 2 aromatic carbocycles. The Morgan fingerprint density at radius 2 is 1.79 bits per heavy atom. The number of aryl methyl sites for hydroxylation is 1. The van der Waals surface area contributed by atoms with Crippen LogP contribution in [0.1, 0.15) is 23.4 Å². The summed E-state index contributed by atoms with van der Waals surface area (Å²) in [7, 11) is -3.65. The van der Waals surface area contributed by atoms with Crippen LogP contribution in [-0.4, -0.2) is 53.2 Å². The van der Waals surface area contributed by atoms with Crippen LogP contribution in [0, 0.1) is 6.92 Å². The van der Waals surface area contributed by atoms with E-state index in [2.05, 4.69) is 45.4 Å². The quantitative estimate of drug-likeness (QED) is 0.432. The molecule has 0 saturated carbocycles. The van der Waals surface area contributed by atoms with Crippen molar-refractivity contribution in [3.63, 3.8) is 0 Å². The minimum atomic E-state index is -3.65. The Kier molecular flexibility index (Phi) is 6.09. The molecule has 1 aliphatic rings. The summed E-state index contributed by atoms with van der Waals surface area (Å²) in [4.78, 5) is 11.5. The van der Waals surface area contributed by atoms with Gasteiger partial charge in [-0.2, -0.15) is 8.68 Å². The number of sulfonamides is 1. The molecule has 0 bridgehead atoms. The highest BCUT2D eigenvalue weighted by molar-refractivity contribution is 7.89. The number of fused-ring (bicyclic) bond motifs is 1. The molecule has 33 heavy (non-hydrogen) atoms. The number of pyridine rings is 1. The Morgan fingerprint density at radius 1 is 0.970 bits per heavy atom. The second-order valence-corrected chi connectivity index (χ2v) is 10.9. The molecule has 1 saturated heterocycles. The Labute approximate surface area is 197 Å². The Morgan fingerprint density at radius 3 is 2.64 bits per heavy atom. The molecule has 1 aliphatic heterocycles. The fraction of sp³-hybridized carbons (Fsp3) is 0.292. The van der Waals surface area contributed by atoms with Gasteiger partial charge in [-0.1, -0.05) is 48.0 Å². The second kappa shape index (κ2) is 9.17. The third kappa shape index (κ3) is 4.62. The van der Waals surface area contributed by atoms with Crippen LogP contribution in [0.15, 0.2) is 65.7 Å². The van der Waals surface area contributed by atoms with Gasteiger partial charge >= 0.3 is 0 Å². The number of anilines is 1. The van der Waals surface area contributed by atoms with Crippen molar-refractivity contribution >= 4 is 37.6 Å². The van der Waals surface area contributed by atoms with Crippen LogP contribution in [-0.2, 0) is 16.4 Å². The number of para-hydroxylation sites is 1. The molecule has 0 aliphatic carbocycles. The van der Waals surface area contributed by atoms with E-state index < -0.39 is 10.0 Å². The van der Waals surface area contributed by atoms with Crippen LogP contribution >= 0.6 is 11.5 Å². The lowest BCUT2D eigenvalue weighted by atomic mass is 10.1. The molecule has 2 aromatic heterocycles. The minimum Gasteiger partial charge on any atom is -0.345 e. The van der Waals surface area contributed by atoms with E-state index >= 15 is 0 Å². The first-order valence-corrected chi connectivity index (χ1v) is 13.2. The maximum Gasteiger partial charge on any atom is 0.245 e. The standard InChI is InChI=1S/C24H25N5O2S2/c1-18-8-10-19(11-9-18)17-22-26-24(32-27-22)28-13-4-14-29(16-15-28)33(30,31)21-7-2-5-20-6-3-12-25-23(20)21/h2-3,5-12H,4,13-17H2,1H3. The van der Waals surface area contributed by atoms with Gasteiger partial charge in [0.25, 0.3) is 0 Å². The molecule has 0 spiro atoms. The van der Waals surface area contributed by atoms with E-state index in [4.69, 9.17) is 4.98 Å². The monoisotopic (exact) mass is 479 g/mol. The fourth-order valence-electron chi connectivity index (χ4n) is 4.08. The van der Waals surface area contributed by atoms with Crippen molar-refractivity contribution in [2.75, 3.05) is 31.1 Å². The van der Waals surface area contributed by atoms with Crippen molar-refractivity contribution in [1.82, 2.24) is 18.6 Å². The summed E-state index contributed by atoms with van der Waals surface area (Å²) in [6.07, 6.45) is 3.05. The van der Waals surface area contributed by atoms with Crippen molar-refractivity contribution in [2.24, 2.45) is 0 Å². The van der Waals surface area contributed by atoms with Crippen molar-refractivity contribution in [3.8, 4) is 0 Å². The predicted molar refractivity (Wildman–Crippen MR) is 131 cm³/mol. The van der Waals surface area contributed by atoms with Gasteiger partial charge in [0.2, 0.25) is 15.2 Å². The average Bonchev–Trinajstić information content (AvgIpc) is 3.14. The molecule has 0 unspecified atom stereocenters. The third-order valence-corrected chi connectivity index (χ3v) is 8.62. The van der Waals surface area contributed by atoms with E-state index in [1.807, 2.05) is 18.2 Å². The van der Waals surface area contributed by atoms with E-state index in [0.29, 0.717) is 31.6 Å². The molecule has 4 aromatic rings. The van der Waals surface area contributed by atoms with Gasteiger partial charge in [0, 0.05) is 55.7 Å². The van der Waals surface area contributed by atoms with Gasteiger partial charge in [-0.05, 0) is 31.0 Å². The lowest BCUT2D eigenvalue weighted by molar-refractivity contribution is 0.433. The SMILES string of the molecule is Cc1ccc(Cc2nsc(N3CCCN(S(=O)(=O)c4cccc5cccnc45)CC3)n2)cc1. The van der Waals surface area contributed by atoms with Crippen LogP contribution in [0.2, 0.25) is 0 Å². The Balaban J connectivity index is 1.31. The summed E-state index contributed by atoms with van der Waals surface area (Å²) >= 11 is 1.38. The molecule has 9 heteroatoms. The van der Waals surface area contributed by atoms with E-state index in [1.54, 1.807) is 22.6 Å².